The van der Waals surface area contributed by atoms with Crippen molar-refractivity contribution in [2.75, 3.05) is 15.1 Å². The van der Waals surface area contributed by atoms with E-state index in [0.29, 0.717) is 0 Å². The Labute approximate surface area is 334 Å². The molecule has 0 saturated heterocycles. The van der Waals surface area contributed by atoms with Gasteiger partial charge in [0.1, 0.15) is 11.6 Å². The molecule has 5 heteroatoms. The zero-order chi connectivity index (χ0) is 38.8. The molecule has 3 heterocycles. The van der Waals surface area contributed by atoms with Gasteiger partial charge in [-0.1, -0.05) is 117 Å². The Morgan fingerprint density at radius 3 is 2.07 bits per heavy atom. The molecule has 0 spiro atoms. The minimum atomic E-state index is -0.314. The van der Waals surface area contributed by atoms with Crippen molar-refractivity contribution in [3.05, 3.63) is 222 Å². The van der Waals surface area contributed by atoms with Gasteiger partial charge in [-0.3, -0.25) is 4.90 Å². The lowest BCUT2D eigenvalue weighted by Crippen LogP contribution is -2.33. The molecule has 1 N–H and O–H groups in total. The number of nitrogens with one attached hydrogen (secondary N) is 1. The van der Waals surface area contributed by atoms with E-state index in [2.05, 4.69) is 199 Å². The minimum Gasteiger partial charge on any atom is -0.347 e. The maximum absolute atomic E-state index is 4.88. The Balaban J connectivity index is 1.21. The molecule has 0 radical (unpaired) electrons. The molecule has 0 amide bonds. The molecule has 9 rings (SSSR count). The topological polar surface area (TPSA) is 44.3 Å². The van der Waals surface area contributed by atoms with Gasteiger partial charge in [0.05, 0.1) is 11.4 Å². The molecule has 276 valence electrons. The summed E-state index contributed by atoms with van der Waals surface area (Å²) in [6, 6.07) is 55.8. The van der Waals surface area contributed by atoms with Gasteiger partial charge in [0, 0.05) is 41.1 Å². The van der Waals surface area contributed by atoms with Crippen LogP contribution in [0.15, 0.2) is 200 Å². The molecule has 0 fully saturated rings. The molecular weight excluding hydrogens is 695 g/mol. The van der Waals surface area contributed by atoms with Gasteiger partial charge in [-0.05, 0) is 130 Å². The third kappa shape index (κ3) is 6.96. The van der Waals surface area contributed by atoms with Crippen molar-refractivity contribution in [3.8, 4) is 0 Å². The maximum Gasteiger partial charge on any atom is 0.137 e. The number of aryl methyl sites for hydroxylation is 1. The van der Waals surface area contributed by atoms with Gasteiger partial charge in [-0.2, -0.15) is 0 Å². The Morgan fingerprint density at radius 2 is 1.32 bits per heavy atom. The highest BCUT2D eigenvalue weighted by Crippen LogP contribution is 2.53. The summed E-state index contributed by atoms with van der Waals surface area (Å²) in [5.74, 6) is 1.65. The van der Waals surface area contributed by atoms with Gasteiger partial charge >= 0.3 is 0 Å². The average molecular weight is 738 g/mol. The van der Waals surface area contributed by atoms with Crippen LogP contribution in [0.5, 0.6) is 0 Å². The van der Waals surface area contributed by atoms with E-state index in [4.69, 9.17) is 4.98 Å². The van der Waals surface area contributed by atoms with Crippen molar-refractivity contribution in [2.24, 2.45) is 0 Å². The van der Waals surface area contributed by atoms with Gasteiger partial charge < -0.3 is 10.2 Å². The Morgan fingerprint density at radius 1 is 0.632 bits per heavy atom. The summed E-state index contributed by atoms with van der Waals surface area (Å²) in [6.45, 7) is 6.92. The quantitative estimate of drug-likeness (QED) is 0.149. The number of benzene rings is 6. The average Bonchev–Trinajstić information content (AvgIpc) is 3.25. The Hall–Kier alpha value is -7.24. The van der Waals surface area contributed by atoms with Crippen LogP contribution in [0.2, 0.25) is 0 Å². The highest BCUT2D eigenvalue weighted by atomic mass is 15.2. The molecule has 0 saturated carbocycles. The van der Waals surface area contributed by atoms with E-state index in [1.54, 1.807) is 6.20 Å². The summed E-state index contributed by atoms with van der Waals surface area (Å²) in [5.41, 5.74) is 9.94. The fourth-order valence-corrected chi connectivity index (χ4v) is 8.04. The maximum atomic E-state index is 4.88. The predicted molar refractivity (Wildman–Crippen MR) is 240 cm³/mol. The van der Waals surface area contributed by atoms with Crippen LogP contribution < -0.4 is 15.1 Å². The Bertz CT molecular complexity index is 2820. The number of hydrogen-bond donors (Lipinski definition) is 1. The fourth-order valence-electron chi connectivity index (χ4n) is 8.04. The molecule has 6 aromatic carbocycles. The summed E-state index contributed by atoms with van der Waals surface area (Å²) in [4.78, 5) is 14.0. The first-order chi connectivity index (χ1) is 27.9. The summed E-state index contributed by atoms with van der Waals surface area (Å²) < 4.78 is 0. The molecule has 5 nitrogen and oxygen atoms in total. The molecule has 8 aromatic rings. The standard InChI is InChI=1S/C52H43N5/c1-37-33-45(56(50-23-11-13-31-55-50)44-29-27-40-16-5-7-18-42(40)35-44)36-47-51(37)57(48-21-9-8-20-46(48)52(47,2)3)43(19-14-32-54-49-22-10-12-30-53-49)28-25-38-24-26-39-15-4-6-17-41(39)34-38/h4-36H,1-3H3,(H,53,54)/b28-25-,32-14+,43-19+. The normalized spacial score (nSPS) is 13.6. The van der Waals surface area contributed by atoms with Crippen LogP contribution in [0.3, 0.4) is 0 Å². The lowest BCUT2D eigenvalue weighted by Gasteiger charge is -2.44. The highest BCUT2D eigenvalue weighted by Gasteiger charge is 2.38. The first kappa shape index (κ1) is 35.5. The molecule has 2 aromatic heterocycles. The number of pyridine rings is 2. The van der Waals surface area contributed by atoms with E-state index in [1.807, 2.05) is 36.7 Å². The monoisotopic (exact) mass is 737 g/mol. The highest BCUT2D eigenvalue weighted by molar-refractivity contribution is 5.91. The molecule has 0 unspecified atom stereocenters. The van der Waals surface area contributed by atoms with Gasteiger partial charge in [0.2, 0.25) is 0 Å². The van der Waals surface area contributed by atoms with E-state index < -0.39 is 0 Å². The third-order valence-corrected chi connectivity index (χ3v) is 10.9. The SMILES string of the molecule is Cc1cc(N(c2ccc3ccccc3c2)c2ccccn2)cc2c1N(C(/C=C\c1ccc3ccccc3c1)=C/C=C/Nc1ccccn1)c1ccccc1C2(C)C. The number of para-hydroxylation sites is 1. The third-order valence-electron chi connectivity index (χ3n) is 10.9. The number of nitrogens with zero attached hydrogens (tertiary/aromatic N) is 4. The summed E-state index contributed by atoms with van der Waals surface area (Å²) >= 11 is 0. The van der Waals surface area contributed by atoms with Gasteiger partial charge in [-0.25, -0.2) is 9.97 Å². The van der Waals surface area contributed by atoms with Crippen LogP contribution in [0.4, 0.5) is 34.4 Å². The predicted octanol–water partition coefficient (Wildman–Crippen LogP) is 13.6. The molecule has 0 atom stereocenters. The molecule has 1 aliphatic heterocycles. The Kier molecular flexibility index (Phi) is 9.41. The first-order valence-corrected chi connectivity index (χ1v) is 19.4. The van der Waals surface area contributed by atoms with Crippen molar-refractivity contribution in [3.63, 3.8) is 0 Å². The van der Waals surface area contributed by atoms with E-state index in [1.165, 1.54) is 38.4 Å². The van der Waals surface area contributed by atoms with E-state index in [0.717, 1.165) is 45.5 Å². The minimum absolute atomic E-state index is 0.314. The molecule has 0 bridgehead atoms. The smallest absolute Gasteiger partial charge is 0.137 e. The summed E-state index contributed by atoms with van der Waals surface area (Å²) in [6.07, 6.45) is 14.3. The van der Waals surface area contributed by atoms with E-state index in [9.17, 15) is 0 Å². The number of anilines is 6. The van der Waals surface area contributed by atoms with Crippen LogP contribution in [0, 0.1) is 6.92 Å². The number of fused-ring (bicyclic) bond motifs is 4. The second kappa shape index (κ2) is 15.1. The van der Waals surface area contributed by atoms with Crippen LogP contribution in [0.1, 0.15) is 36.1 Å². The lowest BCUT2D eigenvalue weighted by atomic mass is 9.72. The summed E-state index contributed by atoms with van der Waals surface area (Å²) in [7, 11) is 0. The van der Waals surface area contributed by atoms with Crippen LogP contribution >= 0.6 is 0 Å². The van der Waals surface area contributed by atoms with Crippen molar-refractivity contribution >= 4 is 62.0 Å². The first-order valence-electron chi connectivity index (χ1n) is 19.4. The van der Waals surface area contributed by atoms with Gasteiger partial charge in [0.25, 0.3) is 0 Å². The molecular formula is C52H43N5. The van der Waals surface area contributed by atoms with Crippen LogP contribution in [-0.2, 0) is 5.41 Å². The largest absolute Gasteiger partial charge is 0.347 e. The van der Waals surface area contributed by atoms with E-state index >= 15 is 0 Å². The van der Waals surface area contributed by atoms with Gasteiger partial charge in [-0.15, -0.1) is 0 Å². The lowest BCUT2D eigenvalue weighted by molar-refractivity contribution is 0.629. The van der Waals surface area contributed by atoms with Crippen molar-refractivity contribution in [1.82, 2.24) is 9.97 Å². The second-order valence-corrected chi connectivity index (χ2v) is 14.9. The zero-order valence-corrected chi connectivity index (χ0v) is 32.3. The van der Waals surface area contributed by atoms with Crippen LogP contribution in [0.25, 0.3) is 27.6 Å². The number of rotatable bonds is 9. The van der Waals surface area contributed by atoms with Crippen molar-refractivity contribution < 1.29 is 0 Å². The van der Waals surface area contributed by atoms with Gasteiger partial charge in [0.15, 0.2) is 0 Å². The van der Waals surface area contributed by atoms with Crippen molar-refractivity contribution in [1.29, 1.82) is 0 Å². The number of hydrogen-bond acceptors (Lipinski definition) is 5. The summed E-state index contributed by atoms with van der Waals surface area (Å²) in [5, 5.41) is 8.16. The molecule has 1 aliphatic rings. The zero-order valence-electron chi connectivity index (χ0n) is 32.3. The number of aromatic nitrogens is 2. The van der Waals surface area contributed by atoms with E-state index in [-0.39, 0.29) is 5.41 Å². The fraction of sp³-hybridized carbons (Fsp3) is 0.0769. The number of allylic oxidation sites excluding steroid dienone is 3. The second-order valence-electron chi connectivity index (χ2n) is 14.9. The molecule has 57 heavy (non-hydrogen) atoms. The van der Waals surface area contributed by atoms with Crippen molar-refractivity contribution in [2.45, 2.75) is 26.2 Å². The van der Waals surface area contributed by atoms with Crippen LogP contribution in [-0.4, -0.2) is 9.97 Å². The molecule has 0 aliphatic carbocycles.